The van der Waals surface area contributed by atoms with E-state index in [1.165, 1.54) is 5.56 Å². The topological polar surface area (TPSA) is 52.2 Å². The van der Waals surface area contributed by atoms with E-state index in [-0.39, 0.29) is 5.91 Å². The molecule has 0 radical (unpaired) electrons. The zero-order chi connectivity index (χ0) is 17.4. The molecule has 1 saturated heterocycles. The molecule has 0 aliphatic carbocycles. The zero-order valence-electron chi connectivity index (χ0n) is 14.0. The van der Waals surface area contributed by atoms with E-state index in [1.54, 1.807) is 0 Å². The number of H-pyrrole nitrogens is 1. The number of anilines is 1. The van der Waals surface area contributed by atoms with Crippen LogP contribution in [0.3, 0.4) is 0 Å². The molecule has 5 nitrogen and oxygen atoms in total. The fourth-order valence-electron chi connectivity index (χ4n) is 3.35. The van der Waals surface area contributed by atoms with Crippen molar-refractivity contribution in [1.29, 1.82) is 0 Å². The summed E-state index contributed by atoms with van der Waals surface area (Å²) in [5, 5.41) is 8.77. The van der Waals surface area contributed by atoms with Crippen LogP contribution in [0.5, 0.6) is 0 Å². The minimum atomic E-state index is -0.0140. The third-order valence-corrected chi connectivity index (χ3v) is 4.99. The number of nitrogens with one attached hydrogen (secondary N) is 1. The van der Waals surface area contributed by atoms with E-state index < -0.39 is 0 Å². The Bertz CT molecular complexity index is 928. The van der Waals surface area contributed by atoms with Crippen LogP contribution in [0.1, 0.15) is 16.1 Å². The number of hydrogen-bond donors (Lipinski definition) is 1. The standard InChI is InChI=1S/C19H19ClN4O/c1-13-6-7-14(20)12-17(13)23-8-10-24(11-9-23)19(25)18-15-4-2-3-5-16(15)21-22-18/h2-7,12H,8-11H2,1H3,(H,21,22). The Balaban J connectivity index is 1.50. The van der Waals surface area contributed by atoms with Gasteiger partial charge in [0.2, 0.25) is 0 Å². The molecule has 25 heavy (non-hydrogen) atoms. The molecule has 6 heteroatoms. The molecule has 1 aromatic heterocycles. The Kier molecular flexibility index (Phi) is 4.09. The van der Waals surface area contributed by atoms with Crippen molar-refractivity contribution in [2.45, 2.75) is 6.92 Å². The monoisotopic (exact) mass is 354 g/mol. The quantitative estimate of drug-likeness (QED) is 0.766. The number of aromatic amines is 1. The van der Waals surface area contributed by atoms with Crippen molar-refractivity contribution >= 4 is 34.1 Å². The number of nitrogens with zero attached hydrogens (tertiary/aromatic N) is 3. The molecule has 0 spiro atoms. The van der Waals surface area contributed by atoms with Crippen LogP contribution in [0, 0.1) is 6.92 Å². The van der Waals surface area contributed by atoms with Crippen LogP contribution in [-0.4, -0.2) is 47.2 Å². The Morgan fingerprint density at radius 1 is 1.12 bits per heavy atom. The Hall–Kier alpha value is -2.53. The first-order valence-electron chi connectivity index (χ1n) is 8.37. The largest absolute Gasteiger partial charge is 0.368 e. The number of halogens is 1. The summed E-state index contributed by atoms with van der Waals surface area (Å²) in [4.78, 5) is 17.0. The summed E-state index contributed by atoms with van der Waals surface area (Å²) < 4.78 is 0. The molecular weight excluding hydrogens is 336 g/mol. The van der Waals surface area contributed by atoms with Crippen molar-refractivity contribution in [2.75, 3.05) is 31.1 Å². The van der Waals surface area contributed by atoms with Gasteiger partial charge in [0.15, 0.2) is 5.69 Å². The SMILES string of the molecule is Cc1ccc(Cl)cc1N1CCN(C(=O)c2n[nH]c3ccccc23)CC1. The van der Waals surface area contributed by atoms with E-state index in [4.69, 9.17) is 11.6 Å². The lowest BCUT2D eigenvalue weighted by Gasteiger charge is -2.36. The van der Waals surface area contributed by atoms with Gasteiger partial charge in [-0.3, -0.25) is 9.89 Å². The zero-order valence-corrected chi connectivity index (χ0v) is 14.8. The van der Waals surface area contributed by atoms with E-state index in [2.05, 4.69) is 22.0 Å². The van der Waals surface area contributed by atoms with Crippen LogP contribution in [0.25, 0.3) is 10.9 Å². The van der Waals surface area contributed by atoms with E-state index in [1.807, 2.05) is 47.4 Å². The van der Waals surface area contributed by atoms with Crippen molar-refractivity contribution in [3.05, 3.63) is 58.7 Å². The molecule has 0 unspecified atom stereocenters. The van der Waals surface area contributed by atoms with Crippen LogP contribution in [0.15, 0.2) is 42.5 Å². The van der Waals surface area contributed by atoms with Gasteiger partial charge in [-0.25, -0.2) is 0 Å². The highest BCUT2D eigenvalue weighted by Crippen LogP contribution is 2.26. The summed E-state index contributed by atoms with van der Waals surface area (Å²) in [5.41, 5.74) is 3.73. The van der Waals surface area contributed by atoms with Gasteiger partial charge >= 0.3 is 0 Å². The number of carbonyl (C=O) groups excluding carboxylic acids is 1. The molecule has 4 rings (SSSR count). The van der Waals surface area contributed by atoms with Crippen LogP contribution in [0.4, 0.5) is 5.69 Å². The maximum Gasteiger partial charge on any atom is 0.275 e. The van der Waals surface area contributed by atoms with Crippen LogP contribution < -0.4 is 4.90 Å². The predicted molar refractivity (Wildman–Crippen MR) is 100 cm³/mol. The smallest absolute Gasteiger partial charge is 0.275 e. The summed E-state index contributed by atoms with van der Waals surface area (Å²) in [6.07, 6.45) is 0. The average Bonchev–Trinajstić information content (AvgIpc) is 3.07. The first kappa shape index (κ1) is 16.0. The normalized spacial score (nSPS) is 15.0. The first-order chi connectivity index (χ1) is 12.1. The van der Waals surface area contributed by atoms with E-state index >= 15 is 0 Å². The van der Waals surface area contributed by atoms with Gasteiger partial charge in [0, 0.05) is 42.3 Å². The molecule has 1 fully saturated rings. The van der Waals surface area contributed by atoms with Crippen LogP contribution >= 0.6 is 11.6 Å². The summed E-state index contributed by atoms with van der Waals surface area (Å²) in [6, 6.07) is 13.6. The number of para-hydroxylation sites is 1. The van der Waals surface area contributed by atoms with Crippen molar-refractivity contribution < 1.29 is 4.79 Å². The molecule has 3 aromatic rings. The van der Waals surface area contributed by atoms with Crippen LogP contribution in [-0.2, 0) is 0 Å². The second kappa shape index (κ2) is 6.41. The Morgan fingerprint density at radius 2 is 1.88 bits per heavy atom. The maximum atomic E-state index is 12.8. The molecule has 1 aliphatic heterocycles. The predicted octanol–water partition coefficient (Wildman–Crippen LogP) is 3.49. The van der Waals surface area contributed by atoms with Crippen molar-refractivity contribution in [3.8, 4) is 0 Å². The highest BCUT2D eigenvalue weighted by molar-refractivity contribution is 6.30. The molecular formula is C19H19ClN4O. The first-order valence-corrected chi connectivity index (χ1v) is 8.75. The second-order valence-corrected chi connectivity index (χ2v) is 6.76. The minimum absolute atomic E-state index is 0.0140. The third-order valence-electron chi connectivity index (χ3n) is 4.75. The Morgan fingerprint density at radius 3 is 2.68 bits per heavy atom. The van der Waals surface area contributed by atoms with Crippen LogP contribution in [0.2, 0.25) is 5.02 Å². The number of benzene rings is 2. The van der Waals surface area contributed by atoms with E-state index in [0.717, 1.165) is 34.7 Å². The highest BCUT2D eigenvalue weighted by atomic mass is 35.5. The third kappa shape index (κ3) is 2.96. The number of fused-ring (bicyclic) bond motifs is 1. The molecule has 0 saturated carbocycles. The van der Waals surface area contributed by atoms with E-state index in [9.17, 15) is 4.79 Å². The number of amides is 1. The lowest BCUT2D eigenvalue weighted by molar-refractivity contribution is 0.0742. The molecule has 0 atom stereocenters. The maximum absolute atomic E-state index is 12.8. The average molecular weight is 355 g/mol. The van der Waals surface area contributed by atoms with Crippen molar-refractivity contribution in [3.63, 3.8) is 0 Å². The number of piperazine rings is 1. The number of hydrogen-bond acceptors (Lipinski definition) is 3. The molecule has 128 valence electrons. The summed E-state index contributed by atoms with van der Waals surface area (Å²) in [5.74, 6) is -0.0140. The highest BCUT2D eigenvalue weighted by Gasteiger charge is 2.25. The van der Waals surface area contributed by atoms with E-state index in [0.29, 0.717) is 18.8 Å². The molecule has 0 bridgehead atoms. The van der Waals surface area contributed by atoms with Crippen molar-refractivity contribution in [2.24, 2.45) is 0 Å². The Labute approximate surface area is 151 Å². The number of carbonyl (C=O) groups is 1. The van der Waals surface area contributed by atoms with Gasteiger partial charge in [-0.1, -0.05) is 35.9 Å². The van der Waals surface area contributed by atoms with Gasteiger partial charge in [-0.05, 0) is 30.7 Å². The number of rotatable bonds is 2. The molecule has 1 N–H and O–H groups in total. The van der Waals surface area contributed by atoms with Gasteiger partial charge < -0.3 is 9.80 Å². The van der Waals surface area contributed by atoms with Crippen molar-refractivity contribution in [1.82, 2.24) is 15.1 Å². The molecule has 2 heterocycles. The minimum Gasteiger partial charge on any atom is -0.368 e. The molecule has 1 aliphatic rings. The lowest BCUT2D eigenvalue weighted by atomic mass is 10.1. The van der Waals surface area contributed by atoms with Gasteiger partial charge in [0.1, 0.15) is 0 Å². The van der Waals surface area contributed by atoms with Gasteiger partial charge in [0.25, 0.3) is 5.91 Å². The summed E-state index contributed by atoms with van der Waals surface area (Å²) in [6.45, 7) is 5.00. The summed E-state index contributed by atoms with van der Waals surface area (Å²) >= 11 is 6.14. The fraction of sp³-hybridized carbons (Fsp3) is 0.263. The van der Waals surface area contributed by atoms with Gasteiger partial charge in [-0.2, -0.15) is 5.10 Å². The van der Waals surface area contributed by atoms with Gasteiger partial charge in [0.05, 0.1) is 5.52 Å². The lowest BCUT2D eigenvalue weighted by Crippen LogP contribution is -2.49. The summed E-state index contributed by atoms with van der Waals surface area (Å²) in [7, 11) is 0. The van der Waals surface area contributed by atoms with Gasteiger partial charge in [-0.15, -0.1) is 0 Å². The second-order valence-electron chi connectivity index (χ2n) is 6.33. The molecule has 2 aromatic carbocycles. The number of aromatic nitrogens is 2. The number of aryl methyl sites for hydroxylation is 1. The molecule has 1 amide bonds. The fourth-order valence-corrected chi connectivity index (χ4v) is 3.52.